The monoisotopic (exact) mass is 447 g/mol. The lowest BCUT2D eigenvalue weighted by Gasteiger charge is -2.12. The fourth-order valence-electron chi connectivity index (χ4n) is 4.31. The Hall–Kier alpha value is -4.01. The molecule has 0 aliphatic rings. The smallest absolute Gasteiger partial charge is 0.333 e. The van der Waals surface area contributed by atoms with Crippen LogP contribution in [0.15, 0.2) is 46.2 Å². The SMILES string of the molecule is CCn1cnc2c1c(=O)n(CC(=O)c1[nH]c(C)c(C(C)=O)c1C)c(=O)n2Cc1ccccc1. The van der Waals surface area contributed by atoms with Gasteiger partial charge in [-0.1, -0.05) is 30.3 Å². The Balaban J connectivity index is 1.87. The predicted octanol–water partition coefficient (Wildman–Crippen LogP) is 2.46. The highest BCUT2D eigenvalue weighted by atomic mass is 16.2. The fourth-order valence-corrected chi connectivity index (χ4v) is 4.31. The molecule has 0 unspecified atom stereocenters. The highest BCUT2D eigenvalue weighted by Crippen LogP contribution is 2.19. The van der Waals surface area contributed by atoms with Gasteiger partial charge >= 0.3 is 5.69 Å². The van der Waals surface area contributed by atoms with E-state index in [4.69, 9.17) is 0 Å². The lowest BCUT2D eigenvalue weighted by molar-refractivity contribution is 0.0963. The molecular weight excluding hydrogens is 422 g/mol. The Morgan fingerprint density at radius 3 is 2.36 bits per heavy atom. The first-order valence-electron chi connectivity index (χ1n) is 10.7. The van der Waals surface area contributed by atoms with Crippen LogP contribution in [0.1, 0.15) is 51.5 Å². The number of hydrogen-bond acceptors (Lipinski definition) is 5. The van der Waals surface area contributed by atoms with Gasteiger partial charge in [0.1, 0.15) is 0 Å². The molecule has 0 aliphatic carbocycles. The van der Waals surface area contributed by atoms with Gasteiger partial charge in [-0.2, -0.15) is 0 Å². The number of fused-ring (bicyclic) bond motifs is 1. The number of H-pyrrole nitrogens is 1. The molecule has 1 aromatic carbocycles. The van der Waals surface area contributed by atoms with Gasteiger partial charge in [-0.15, -0.1) is 0 Å². The molecule has 0 atom stereocenters. The van der Waals surface area contributed by atoms with Crippen LogP contribution in [0, 0.1) is 13.8 Å². The van der Waals surface area contributed by atoms with E-state index >= 15 is 0 Å². The number of carbonyl (C=O) groups is 2. The van der Waals surface area contributed by atoms with E-state index in [9.17, 15) is 19.2 Å². The third kappa shape index (κ3) is 3.75. The van der Waals surface area contributed by atoms with Crippen molar-refractivity contribution in [1.82, 2.24) is 23.7 Å². The topological polar surface area (TPSA) is 112 Å². The number of aryl methyl sites for hydroxylation is 2. The lowest BCUT2D eigenvalue weighted by atomic mass is 10.1. The summed E-state index contributed by atoms with van der Waals surface area (Å²) in [5, 5.41) is 0. The molecule has 0 bridgehead atoms. The molecule has 0 radical (unpaired) electrons. The van der Waals surface area contributed by atoms with Crippen molar-refractivity contribution < 1.29 is 9.59 Å². The molecule has 170 valence electrons. The van der Waals surface area contributed by atoms with Crippen molar-refractivity contribution in [3.63, 3.8) is 0 Å². The first kappa shape index (κ1) is 22.2. The number of aromatic amines is 1. The molecule has 4 aromatic rings. The summed E-state index contributed by atoms with van der Waals surface area (Å²) in [6.45, 7) is 6.95. The standard InChI is InChI=1S/C24H25N5O4/c1-5-27-13-25-22-21(27)23(32)29(24(33)28(22)11-17-9-7-6-8-10-17)12-18(31)20-14(2)19(16(4)30)15(3)26-20/h6-10,13,26H,5,11-12H2,1-4H3. The second kappa shape index (κ2) is 8.50. The molecule has 0 spiro atoms. The Labute approximate surface area is 189 Å². The number of imidazole rings is 1. The Bertz CT molecular complexity index is 1500. The van der Waals surface area contributed by atoms with Gasteiger partial charge in [-0.25, -0.2) is 9.78 Å². The van der Waals surface area contributed by atoms with Gasteiger partial charge in [0.25, 0.3) is 5.56 Å². The zero-order valence-corrected chi connectivity index (χ0v) is 19.0. The Kier molecular flexibility index (Phi) is 5.71. The van der Waals surface area contributed by atoms with Crippen LogP contribution in [-0.2, 0) is 19.6 Å². The first-order valence-corrected chi connectivity index (χ1v) is 10.7. The minimum atomic E-state index is -0.612. The van der Waals surface area contributed by atoms with Gasteiger partial charge in [0.05, 0.1) is 25.1 Å². The summed E-state index contributed by atoms with van der Waals surface area (Å²) in [5.74, 6) is -0.605. The summed E-state index contributed by atoms with van der Waals surface area (Å²) in [7, 11) is 0. The number of nitrogens with zero attached hydrogens (tertiary/aromatic N) is 4. The molecule has 33 heavy (non-hydrogen) atoms. The predicted molar refractivity (Wildman–Crippen MR) is 124 cm³/mol. The van der Waals surface area contributed by atoms with E-state index in [0.717, 1.165) is 10.1 Å². The van der Waals surface area contributed by atoms with E-state index in [0.29, 0.717) is 23.4 Å². The molecule has 0 saturated heterocycles. The molecule has 0 fully saturated rings. The van der Waals surface area contributed by atoms with Gasteiger partial charge in [0.2, 0.25) is 0 Å². The molecule has 3 heterocycles. The summed E-state index contributed by atoms with van der Waals surface area (Å²) in [6.07, 6.45) is 1.52. The van der Waals surface area contributed by atoms with Gasteiger partial charge in [0.15, 0.2) is 22.7 Å². The van der Waals surface area contributed by atoms with Crippen LogP contribution in [-0.4, -0.2) is 35.2 Å². The number of benzene rings is 1. The number of ketones is 2. The summed E-state index contributed by atoms with van der Waals surface area (Å²) in [4.78, 5) is 59.1. The Morgan fingerprint density at radius 1 is 1.06 bits per heavy atom. The Morgan fingerprint density at radius 2 is 1.76 bits per heavy atom. The third-order valence-corrected chi connectivity index (χ3v) is 5.88. The van der Waals surface area contributed by atoms with Crippen molar-refractivity contribution in [3.05, 3.63) is 85.6 Å². The highest BCUT2D eigenvalue weighted by molar-refractivity contribution is 6.03. The second-order valence-electron chi connectivity index (χ2n) is 8.05. The zero-order valence-electron chi connectivity index (χ0n) is 19.0. The van der Waals surface area contributed by atoms with Crippen LogP contribution in [0.3, 0.4) is 0 Å². The van der Waals surface area contributed by atoms with Crippen LogP contribution in [0.2, 0.25) is 0 Å². The number of hydrogen-bond donors (Lipinski definition) is 1. The van der Waals surface area contributed by atoms with E-state index < -0.39 is 23.6 Å². The summed E-state index contributed by atoms with van der Waals surface area (Å²) in [5.41, 5.74) is 2.01. The van der Waals surface area contributed by atoms with E-state index in [2.05, 4.69) is 9.97 Å². The van der Waals surface area contributed by atoms with Crippen LogP contribution in [0.5, 0.6) is 0 Å². The van der Waals surface area contributed by atoms with Gasteiger partial charge < -0.3 is 9.55 Å². The number of nitrogens with one attached hydrogen (secondary N) is 1. The summed E-state index contributed by atoms with van der Waals surface area (Å²) >= 11 is 0. The molecule has 0 aliphatic heterocycles. The lowest BCUT2D eigenvalue weighted by Crippen LogP contribution is -2.42. The molecular formula is C24H25N5O4. The van der Waals surface area contributed by atoms with Crippen molar-refractivity contribution in [2.45, 2.75) is 47.3 Å². The van der Waals surface area contributed by atoms with Crippen molar-refractivity contribution >= 4 is 22.7 Å². The van der Waals surface area contributed by atoms with Crippen LogP contribution in [0.4, 0.5) is 0 Å². The van der Waals surface area contributed by atoms with Gasteiger partial charge in [-0.3, -0.25) is 23.5 Å². The van der Waals surface area contributed by atoms with E-state index in [1.807, 2.05) is 37.3 Å². The van der Waals surface area contributed by atoms with Crippen molar-refractivity contribution in [3.8, 4) is 0 Å². The summed E-state index contributed by atoms with van der Waals surface area (Å²) < 4.78 is 4.03. The molecule has 9 heteroatoms. The quantitative estimate of drug-likeness (QED) is 0.438. The fraction of sp³-hybridized carbons (Fsp3) is 0.292. The van der Waals surface area contributed by atoms with Crippen molar-refractivity contribution in [2.24, 2.45) is 0 Å². The minimum Gasteiger partial charge on any atom is -0.355 e. The normalized spacial score (nSPS) is 11.3. The molecule has 0 saturated carbocycles. The van der Waals surface area contributed by atoms with Crippen molar-refractivity contribution in [1.29, 1.82) is 0 Å². The highest BCUT2D eigenvalue weighted by Gasteiger charge is 2.23. The molecule has 9 nitrogen and oxygen atoms in total. The average molecular weight is 447 g/mol. The zero-order chi connectivity index (χ0) is 23.9. The molecule has 0 amide bonds. The number of aromatic nitrogens is 5. The maximum absolute atomic E-state index is 13.4. The van der Waals surface area contributed by atoms with Crippen LogP contribution >= 0.6 is 0 Å². The maximum Gasteiger partial charge on any atom is 0.333 e. The number of rotatable bonds is 7. The summed E-state index contributed by atoms with van der Waals surface area (Å²) in [6, 6.07) is 9.37. The van der Waals surface area contributed by atoms with E-state index in [-0.39, 0.29) is 29.2 Å². The van der Waals surface area contributed by atoms with Crippen LogP contribution < -0.4 is 11.2 Å². The third-order valence-electron chi connectivity index (χ3n) is 5.88. The van der Waals surface area contributed by atoms with E-state index in [1.54, 1.807) is 18.4 Å². The second-order valence-corrected chi connectivity index (χ2v) is 8.05. The van der Waals surface area contributed by atoms with Crippen molar-refractivity contribution in [2.75, 3.05) is 0 Å². The molecule has 4 rings (SSSR count). The number of Topliss-reactive ketones (excluding diaryl/α,β-unsaturated/α-hetero) is 2. The van der Waals surface area contributed by atoms with E-state index in [1.165, 1.54) is 17.8 Å². The minimum absolute atomic E-state index is 0.157. The van der Waals surface area contributed by atoms with Gasteiger partial charge in [0, 0.05) is 17.8 Å². The first-order chi connectivity index (χ1) is 15.7. The molecule has 3 aromatic heterocycles. The number of carbonyl (C=O) groups excluding carboxylic acids is 2. The maximum atomic E-state index is 13.4. The van der Waals surface area contributed by atoms with Gasteiger partial charge in [-0.05, 0) is 38.8 Å². The molecule has 1 N–H and O–H groups in total. The average Bonchev–Trinajstić information content (AvgIpc) is 3.35. The van der Waals surface area contributed by atoms with Crippen LogP contribution in [0.25, 0.3) is 11.2 Å². The largest absolute Gasteiger partial charge is 0.355 e.